The van der Waals surface area contributed by atoms with Gasteiger partial charge in [0.05, 0.1) is 16.8 Å². The highest BCUT2D eigenvalue weighted by Crippen LogP contribution is 2.20. The Bertz CT molecular complexity index is 481. The van der Waals surface area contributed by atoms with Gasteiger partial charge in [-0.2, -0.15) is 0 Å². The molecule has 6 heteroatoms. The van der Waals surface area contributed by atoms with Gasteiger partial charge in [0.2, 0.25) is 0 Å². The van der Waals surface area contributed by atoms with E-state index in [4.69, 9.17) is 0 Å². The smallest absolute Gasteiger partial charge is 0.266 e. The lowest BCUT2D eigenvalue weighted by atomic mass is 10.1. The topological polar surface area (TPSA) is 56.7 Å². The zero-order chi connectivity index (χ0) is 14.9. The van der Waals surface area contributed by atoms with Crippen LogP contribution in [0.15, 0.2) is 5.51 Å². The van der Waals surface area contributed by atoms with Crippen molar-refractivity contribution in [1.82, 2.24) is 14.8 Å². The van der Waals surface area contributed by atoms with Crippen LogP contribution in [0.2, 0.25) is 0 Å². The van der Waals surface area contributed by atoms with Gasteiger partial charge < -0.3 is 10.0 Å². The maximum absolute atomic E-state index is 12.5. The molecule has 0 saturated carbocycles. The number of nitrogens with zero attached hydrogens (tertiary/aromatic N) is 3. The predicted octanol–water partition coefficient (Wildman–Crippen LogP) is 1.37. The Hall–Kier alpha value is -0.980. The molecule has 1 aromatic heterocycles. The number of carbonyl (C=O) groups excluding carboxylic acids is 1. The van der Waals surface area contributed by atoms with Crippen LogP contribution in [-0.2, 0) is 0 Å². The Morgan fingerprint density at radius 3 is 2.75 bits per heavy atom. The molecule has 0 aromatic carbocycles. The molecule has 5 nitrogen and oxygen atoms in total. The van der Waals surface area contributed by atoms with Crippen LogP contribution < -0.4 is 0 Å². The number of aryl methyl sites for hydroxylation is 1. The molecule has 1 amide bonds. The SMILES string of the molecule is Cc1ncsc1C(=O)N1CCN(CC(C)(C)O)CC1C. The van der Waals surface area contributed by atoms with E-state index in [1.807, 2.05) is 25.7 Å². The summed E-state index contributed by atoms with van der Waals surface area (Å²) in [6.07, 6.45) is 0. The number of amides is 1. The van der Waals surface area contributed by atoms with Crippen LogP contribution in [0.5, 0.6) is 0 Å². The number of piperazine rings is 1. The van der Waals surface area contributed by atoms with E-state index in [1.165, 1.54) is 11.3 Å². The normalized spacial score (nSPS) is 21.2. The fourth-order valence-electron chi connectivity index (χ4n) is 2.66. The molecule has 1 aromatic rings. The van der Waals surface area contributed by atoms with Gasteiger partial charge in [0.25, 0.3) is 5.91 Å². The summed E-state index contributed by atoms with van der Waals surface area (Å²) < 4.78 is 0. The lowest BCUT2D eigenvalue weighted by molar-refractivity contribution is 0.00590. The predicted molar refractivity (Wildman–Crippen MR) is 80.1 cm³/mol. The number of aromatic nitrogens is 1. The van der Waals surface area contributed by atoms with Gasteiger partial charge in [-0.1, -0.05) is 0 Å². The second-order valence-corrected chi connectivity index (χ2v) is 7.02. The van der Waals surface area contributed by atoms with Crippen molar-refractivity contribution < 1.29 is 9.90 Å². The fraction of sp³-hybridized carbons (Fsp3) is 0.714. The Morgan fingerprint density at radius 1 is 1.55 bits per heavy atom. The molecule has 1 fully saturated rings. The quantitative estimate of drug-likeness (QED) is 0.915. The molecule has 20 heavy (non-hydrogen) atoms. The molecule has 1 unspecified atom stereocenters. The van der Waals surface area contributed by atoms with Crippen LogP contribution >= 0.6 is 11.3 Å². The van der Waals surface area contributed by atoms with E-state index in [0.29, 0.717) is 13.1 Å². The maximum Gasteiger partial charge on any atom is 0.266 e. The number of hydrogen-bond donors (Lipinski definition) is 1. The Kier molecular flexibility index (Phi) is 4.46. The Balaban J connectivity index is 2.00. The van der Waals surface area contributed by atoms with Crippen molar-refractivity contribution >= 4 is 17.2 Å². The maximum atomic E-state index is 12.5. The third-order valence-corrected chi connectivity index (χ3v) is 4.44. The first-order valence-electron chi connectivity index (χ1n) is 6.94. The lowest BCUT2D eigenvalue weighted by Crippen LogP contribution is -2.56. The van der Waals surface area contributed by atoms with Crippen molar-refractivity contribution in [2.24, 2.45) is 0 Å². The molecule has 1 N–H and O–H groups in total. The summed E-state index contributed by atoms with van der Waals surface area (Å²) in [5.74, 6) is 0.0837. The second kappa shape index (κ2) is 5.79. The van der Waals surface area contributed by atoms with Gasteiger partial charge in [-0.15, -0.1) is 11.3 Å². The molecule has 0 spiro atoms. The number of rotatable bonds is 3. The summed E-state index contributed by atoms with van der Waals surface area (Å²) in [5, 5.41) is 9.89. The van der Waals surface area contributed by atoms with Gasteiger partial charge >= 0.3 is 0 Å². The van der Waals surface area contributed by atoms with Crippen LogP contribution in [0.1, 0.15) is 36.1 Å². The fourth-order valence-corrected chi connectivity index (χ4v) is 3.42. The molecule has 1 aliphatic heterocycles. The minimum Gasteiger partial charge on any atom is -0.389 e. The number of aliphatic hydroxyl groups is 1. The van der Waals surface area contributed by atoms with Gasteiger partial charge in [-0.25, -0.2) is 4.98 Å². The molecular weight excluding hydrogens is 274 g/mol. The van der Waals surface area contributed by atoms with E-state index in [-0.39, 0.29) is 11.9 Å². The van der Waals surface area contributed by atoms with Crippen LogP contribution in [0.3, 0.4) is 0 Å². The number of thiazole rings is 1. The molecular formula is C14H23N3O2S. The van der Waals surface area contributed by atoms with Crippen molar-refractivity contribution in [3.63, 3.8) is 0 Å². The average Bonchev–Trinajstić information content (AvgIpc) is 2.72. The van der Waals surface area contributed by atoms with Gasteiger partial charge in [0.15, 0.2) is 0 Å². The van der Waals surface area contributed by atoms with Crippen molar-refractivity contribution in [1.29, 1.82) is 0 Å². The van der Waals surface area contributed by atoms with Gasteiger partial charge in [-0.05, 0) is 27.7 Å². The van der Waals surface area contributed by atoms with E-state index < -0.39 is 5.60 Å². The molecule has 2 heterocycles. The highest BCUT2D eigenvalue weighted by Gasteiger charge is 2.31. The van der Waals surface area contributed by atoms with Gasteiger partial charge in [0, 0.05) is 32.2 Å². The van der Waals surface area contributed by atoms with Gasteiger partial charge in [0.1, 0.15) is 4.88 Å². The molecule has 1 aliphatic rings. The van der Waals surface area contributed by atoms with Crippen LogP contribution in [0.4, 0.5) is 0 Å². The molecule has 0 bridgehead atoms. The molecule has 0 aliphatic carbocycles. The van der Waals surface area contributed by atoms with Gasteiger partial charge in [-0.3, -0.25) is 9.69 Å². The summed E-state index contributed by atoms with van der Waals surface area (Å²) in [4.78, 5) is 21.5. The van der Waals surface area contributed by atoms with E-state index >= 15 is 0 Å². The van der Waals surface area contributed by atoms with Crippen molar-refractivity contribution in [3.8, 4) is 0 Å². The number of hydrogen-bond acceptors (Lipinski definition) is 5. The summed E-state index contributed by atoms with van der Waals surface area (Å²) in [7, 11) is 0. The molecule has 1 saturated heterocycles. The van der Waals surface area contributed by atoms with E-state index in [9.17, 15) is 9.90 Å². The zero-order valence-corrected chi connectivity index (χ0v) is 13.4. The third kappa shape index (κ3) is 3.56. The van der Waals surface area contributed by atoms with E-state index in [1.54, 1.807) is 5.51 Å². The summed E-state index contributed by atoms with van der Waals surface area (Å²) in [6.45, 7) is 10.5. The van der Waals surface area contributed by atoms with Crippen LogP contribution in [0.25, 0.3) is 0 Å². The molecule has 112 valence electrons. The Labute approximate surface area is 124 Å². The first kappa shape index (κ1) is 15.4. The first-order valence-corrected chi connectivity index (χ1v) is 7.81. The van der Waals surface area contributed by atoms with Crippen molar-refractivity contribution in [3.05, 3.63) is 16.1 Å². The zero-order valence-electron chi connectivity index (χ0n) is 12.6. The minimum absolute atomic E-state index is 0.0837. The summed E-state index contributed by atoms with van der Waals surface area (Å²) in [6, 6.07) is 0.153. The number of carbonyl (C=O) groups is 1. The molecule has 0 radical (unpaired) electrons. The standard InChI is InChI=1S/C14H23N3O2S/c1-10-7-16(8-14(3,4)19)5-6-17(10)13(18)12-11(2)15-9-20-12/h9-10,19H,5-8H2,1-4H3. The Morgan fingerprint density at radius 2 is 2.25 bits per heavy atom. The second-order valence-electron chi connectivity index (χ2n) is 6.16. The molecule has 1 atom stereocenters. The van der Waals surface area contributed by atoms with E-state index in [2.05, 4.69) is 16.8 Å². The third-order valence-electron chi connectivity index (χ3n) is 3.52. The van der Waals surface area contributed by atoms with Crippen LogP contribution in [-0.4, -0.2) is 63.6 Å². The summed E-state index contributed by atoms with van der Waals surface area (Å²) >= 11 is 1.41. The van der Waals surface area contributed by atoms with Crippen molar-refractivity contribution in [2.45, 2.75) is 39.3 Å². The van der Waals surface area contributed by atoms with Crippen molar-refractivity contribution in [2.75, 3.05) is 26.2 Å². The van der Waals surface area contributed by atoms with E-state index in [0.717, 1.165) is 23.7 Å². The molecule has 2 rings (SSSR count). The highest BCUT2D eigenvalue weighted by atomic mass is 32.1. The minimum atomic E-state index is -0.694. The van der Waals surface area contributed by atoms with Crippen LogP contribution in [0, 0.1) is 6.92 Å². The largest absolute Gasteiger partial charge is 0.389 e. The monoisotopic (exact) mass is 297 g/mol. The summed E-state index contributed by atoms with van der Waals surface area (Å²) in [5.41, 5.74) is 1.84. The average molecular weight is 297 g/mol. The lowest BCUT2D eigenvalue weighted by Gasteiger charge is -2.41. The highest BCUT2D eigenvalue weighted by molar-refractivity contribution is 7.11. The first-order chi connectivity index (χ1) is 9.28. The number of β-amino-alcohol motifs (C(OH)–C–C–N with tert-alkyl or cyclic N) is 1.